The van der Waals surface area contributed by atoms with Crippen LogP contribution in [0, 0.1) is 5.92 Å². The van der Waals surface area contributed by atoms with Crippen molar-refractivity contribution in [2.24, 2.45) is 5.92 Å². The maximum absolute atomic E-state index is 12.7. The largest absolute Gasteiger partial charge is 0.440 e. The van der Waals surface area contributed by atoms with Gasteiger partial charge in [0.2, 0.25) is 5.91 Å². The number of rotatable bonds is 12. The molecule has 1 fully saturated rings. The van der Waals surface area contributed by atoms with E-state index in [0.717, 1.165) is 49.7 Å². The van der Waals surface area contributed by atoms with Gasteiger partial charge in [0.05, 0.1) is 23.6 Å². The molecule has 1 aromatic carbocycles. The molecule has 3 heterocycles. The molecule has 35 heavy (non-hydrogen) atoms. The number of hydrogen-bond donors (Lipinski definition) is 2. The van der Waals surface area contributed by atoms with Crippen molar-refractivity contribution in [1.29, 1.82) is 0 Å². The van der Waals surface area contributed by atoms with E-state index in [1.807, 2.05) is 44.3 Å². The zero-order chi connectivity index (χ0) is 24.8. The van der Waals surface area contributed by atoms with Crippen molar-refractivity contribution < 1.29 is 14.0 Å². The second-order valence-corrected chi connectivity index (χ2v) is 9.51. The van der Waals surface area contributed by atoms with E-state index in [1.165, 1.54) is 0 Å². The van der Waals surface area contributed by atoms with Crippen LogP contribution in [-0.4, -0.2) is 53.2 Å². The van der Waals surface area contributed by atoms with Crippen molar-refractivity contribution in [2.45, 2.75) is 51.4 Å². The number of benzene rings is 1. The first-order valence-corrected chi connectivity index (χ1v) is 12.5. The van der Waals surface area contributed by atoms with E-state index in [2.05, 4.69) is 20.2 Å². The van der Waals surface area contributed by atoms with Gasteiger partial charge in [-0.1, -0.05) is 38.0 Å². The van der Waals surface area contributed by atoms with Crippen molar-refractivity contribution >= 4 is 22.6 Å². The van der Waals surface area contributed by atoms with E-state index < -0.39 is 0 Å². The second-order valence-electron chi connectivity index (χ2n) is 9.51. The lowest BCUT2D eigenvalue weighted by atomic mass is 9.97. The standard InChI is InChI=1S/C27H34N4O4/c1-3-21(32)11-6-4-5-10-19(14-28-25(33)20-16-31(2)17-20)27-29-15-24(35-27)22-13-18-9-7-8-12-23(18)30-26(22)34/h7-9,12-13,15,19-20H,3-6,10-11,14,16-17H2,1-2H3,(H,28,33)(H,30,34). The van der Waals surface area contributed by atoms with Crippen molar-refractivity contribution in [2.75, 3.05) is 26.7 Å². The number of ketones is 1. The Morgan fingerprint density at radius 1 is 1.23 bits per heavy atom. The number of aromatic nitrogens is 2. The number of unbranched alkanes of at least 4 members (excludes halogenated alkanes) is 2. The molecular formula is C27H34N4O4. The molecular weight excluding hydrogens is 444 g/mol. The summed E-state index contributed by atoms with van der Waals surface area (Å²) in [4.78, 5) is 46.2. The molecule has 1 amide bonds. The highest BCUT2D eigenvalue weighted by Gasteiger charge is 2.30. The first kappa shape index (κ1) is 24.9. The molecule has 0 aliphatic carbocycles. The zero-order valence-electron chi connectivity index (χ0n) is 20.5. The normalized spacial score (nSPS) is 15.1. The Hall–Kier alpha value is -3.26. The number of H-pyrrole nitrogens is 1. The van der Waals surface area contributed by atoms with Gasteiger partial charge in [-0.3, -0.25) is 14.4 Å². The first-order valence-electron chi connectivity index (χ1n) is 12.5. The van der Waals surface area contributed by atoms with Gasteiger partial charge in [0, 0.05) is 38.0 Å². The summed E-state index contributed by atoms with van der Waals surface area (Å²) in [7, 11) is 2.00. The number of pyridine rings is 1. The highest BCUT2D eigenvalue weighted by Crippen LogP contribution is 2.27. The van der Waals surface area contributed by atoms with Crippen LogP contribution < -0.4 is 10.9 Å². The summed E-state index contributed by atoms with van der Waals surface area (Å²) in [5.41, 5.74) is 0.969. The van der Waals surface area contributed by atoms with Gasteiger partial charge < -0.3 is 19.6 Å². The third-order valence-corrected chi connectivity index (χ3v) is 6.75. The maximum Gasteiger partial charge on any atom is 0.259 e. The van der Waals surface area contributed by atoms with E-state index in [0.29, 0.717) is 36.6 Å². The van der Waals surface area contributed by atoms with Gasteiger partial charge in [0.25, 0.3) is 5.56 Å². The average molecular weight is 479 g/mol. The summed E-state index contributed by atoms with van der Waals surface area (Å²) < 4.78 is 6.08. The molecule has 186 valence electrons. The number of hydrogen-bond acceptors (Lipinski definition) is 6. The molecule has 1 atom stereocenters. The lowest BCUT2D eigenvalue weighted by molar-refractivity contribution is -0.129. The second kappa shape index (κ2) is 11.4. The monoisotopic (exact) mass is 478 g/mol. The Balaban J connectivity index is 1.46. The van der Waals surface area contributed by atoms with Gasteiger partial charge >= 0.3 is 0 Å². The number of para-hydroxylation sites is 1. The highest BCUT2D eigenvalue weighted by atomic mass is 16.4. The fourth-order valence-electron chi connectivity index (χ4n) is 4.54. The number of oxazole rings is 1. The van der Waals surface area contributed by atoms with Crippen molar-refractivity contribution in [3.63, 3.8) is 0 Å². The molecule has 3 aromatic rings. The van der Waals surface area contributed by atoms with Crippen LogP contribution in [-0.2, 0) is 9.59 Å². The van der Waals surface area contributed by atoms with Gasteiger partial charge in [-0.2, -0.15) is 0 Å². The minimum absolute atomic E-state index is 0.0250. The predicted molar refractivity (Wildman–Crippen MR) is 135 cm³/mol. The fourth-order valence-corrected chi connectivity index (χ4v) is 4.54. The number of fused-ring (bicyclic) bond motifs is 1. The minimum atomic E-state index is -0.231. The Bertz CT molecular complexity index is 1230. The number of carbonyl (C=O) groups excluding carboxylic acids is 2. The van der Waals surface area contributed by atoms with E-state index in [1.54, 1.807) is 6.20 Å². The molecule has 1 aliphatic rings. The Morgan fingerprint density at radius 2 is 2.03 bits per heavy atom. The van der Waals surface area contributed by atoms with Crippen LogP contribution in [0.2, 0.25) is 0 Å². The number of amides is 1. The molecule has 8 heteroatoms. The zero-order valence-corrected chi connectivity index (χ0v) is 20.5. The Labute approximate surface area is 205 Å². The molecule has 0 saturated carbocycles. The number of nitrogens with one attached hydrogen (secondary N) is 2. The van der Waals surface area contributed by atoms with Crippen LogP contribution >= 0.6 is 0 Å². The number of likely N-dealkylation sites (tertiary alicyclic amines) is 1. The number of aromatic amines is 1. The van der Waals surface area contributed by atoms with Gasteiger partial charge in [-0.15, -0.1) is 0 Å². The molecule has 0 spiro atoms. The van der Waals surface area contributed by atoms with Crippen molar-refractivity contribution in [3.05, 3.63) is 52.8 Å². The third kappa shape index (κ3) is 6.25. The summed E-state index contributed by atoms with van der Waals surface area (Å²) in [6.07, 6.45) is 6.26. The quantitative estimate of drug-likeness (QED) is 0.383. The number of nitrogens with zero attached hydrogens (tertiary/aromatic N) is 2. The molecule has 1 saturated heterocycles. The molecule has 1 unspecified atom stereocenters. The van der Waals surface area contributed by atoms with E-state index >= 15 is 0 Å². The minimum Gasteiger partial charge on any atom is -0.440 e. The van der Waals surface area contributed by atoms with E-state index in [9.17, 15) is 14.4 Å². The van der Waals surface area contributed by atoms with Gasteiger partial charge in [0.15, 0.2) is 11.7 Å². The third-order valence-electron chi connectivity index (χ3n) is 6.75. The van der Waals surface area contributed by atoms with Crippen LogP contribution in [0.5, 0.6) is 0 Å². The number of Topliss-reactive ketones (excluding diaryl/α,β-unsaturated/α-hetero) is 1. The number of carbonyl (C=O) groups is 2. The molecule has 8 nitrogen and oxygen atoms in total. The lowest BCUT2D eigenvalue weighted by Gasteiger charge is -2.35. The van der Waals surface area contributed by atoms with Crippen molar-refractivity contribution in [1.82, 2.24) is 20.2 Å². The van der Waals surface area contributed by atoms with Crippen LogP contribution in [0.15, 0.2) is 45.7 Å². The topological polar surface area (TPSA) is 108 Å². The smallest absolute Gasteiger partial charge is 0.259 e. The first-order chi connectivity index (χ1) is 16.9. The lowest BCUT2D eigenvalue weighted by Crippen LogP contribution is -2.52. The Kier molecular flexibility index (Phi) is 8.13. The molecule has 0 bridgehead atoms. The average Bonchev–Trinajstić information content (AvgIpc) is 3.32. The van der Waals surface area contributed by atoms with Crippen molar-refractivity contribution in [3.8, 4) is 11.3 Å². The van der Waals surface area contributed by atoms with E-state index in [4.69, 9.17) is 4.42 Å². The molecule has 1 aliphatic heterocycles. The van der Waals surface area contributed by atoms with Crippen LogP contribution in [0.4, 0.5) is 0 Å². The summed E-state index contributed by atoms with van der Waals surface area (Å²) in [5.74, 6) is 1.20. The molecule has 0 radical (unpaired) electrons. The summed E-state index contributed by atoms with van der Waals surface area (Å²) in [6, 6.07) is 9.41. The summed E-state index contributed by atoms with van der Waals surface area (Å²) in [6.45, 7) is 3.87. The molecule has 2 N–H and O–H groups in total. The summed E-state index contributed by atoms with van der Waals surface area (Å²) in [5, 5.41) is 3.98. The SMILES string of the molecule is CCC(=O)CCCCCC(CNC(=O)C1CN(C)C1)c1ncc(-c2cc3ccccc3[nH]c2=O)o1. The fraction of sp³-hybridized carbons (Fsp3) is 0.481. The molecule has 4 rings (SSSR count). The van der Waals surface area contributed by atoms with Gasteiger partial charge in [0.1, 0.15) is 5.78 Å². The van der Waals surface area contributed by atoms with Crippen LogP contribution in [0.1, 0.15) is 57.3 Å². The maximum atomic E-state index is 12.7. The Morgan fingerprint density at radius 3 is 2.80 bits per heavy atom. The van der Waals surface area contributed by atoms with Crippen LogP contribution in [0.25, 0.3) is 22.2 Å². The van der Waals surface area contributed by atoms with Crippen LogP contribution in [0.3, 0.4) is 0 Å². The molecule has 2 aromatic heterocycles. The predicted octanol–water partition coefficient (Wildman–Crippen LogP) is 3.87. The van der Waals surface area contributed by atoms with Gasteiger partial charge in [-0.25, -0.2) is 4.98 Å². The summed E-state index contributed by atoms with van der Waals surface area (Å²) >= 11 is 0. The highest BCUT2D eigenvalue weighted by molar-refractivity contribution is 5.82. The van der Waals surface area contributed by atoms with Gasteiger partial charge in [-0.05, 0) is 37.4 Å². The van der Waals surface area contributed by atoms with E-state index in [-0.39, 0.29) is 29.1 Å².